The third kappa shape index (κ3) is 5.22. The Labute approximate surface area is 104 Å². The second-order valence-corrected chi connectivity index (χ2v) is 4.73. The number of amides is 1. The minimum absolute atomic E-state index is 0.109. The highest BCUT2D eigenvalue weighted by Gasteiger charge is 2.34. The van der Waals surface area contributed by atoms with Gasteiger partial charge in [0.2, 0.25) is 5.91 Å². The first-order valence-electron chi connectivity index (χ1n) is 5.97. The van der Waals surface area contributed by atoms with Gasteiger partial charge in [0.25, 0.3) is 0 Å². The molecule has 0 bridgehead atoms. The minimum Gasteiger partial charge on any atom is -0.370 e. The topological polar surface area (TPSA) is 50.4 Å². The van der Waals surface area contributed by atoms with Gasteiger partial charge in [-0.3, -0.25) is 4.79 Å². The van der Waals surface area contributed by atoms with Crippen LogP contribution in [0.1, 0.15) is 19.8 Å². The molecule has 106 valence electrons. The maximum absolute atomic E-state index is 11.9. The summed E-state index contributed by atoms with van der Waals surface area (Å²) in [5.74, 6) is -0.111. The first kappa shape index (κ1) is 15.2. The molecule has 0 aromatic rings. The fraction of sp³-hybridized carbons (Fsp3) is 0.909. The molecule has 0 aromatic carbocycles. The summed E-state index contributed by atoms with van der Waals surface area (Å²) < 4.78 is 39.7. The molecule has 1 heterocycles. The number of hydrogen-bond acceptors (Lipinski definition) is 3. The zero-order chi connectivity index (χ0) is 13.6. The molecule has 0 aromatic heterocycles. The van der Waals surface area contributed by atoms with Gasteiger partial charge in [0, 0.05) is 12.0 Å². The van der Waals surface area contributed by atoms with Gasteiger partial charge in [-0.2, -0.15) is 13.2 Å². The molecule has 1 fully saturated rings. The van der Waals surface area contributed by atoms with E-state index in [1.807, 2.05) is 6.92 Å². The Hall–Kier alpha value is -0.820. The SMILES string of the molecule is CC1(C(=O)NCCOCC(F)(F)F)CCNCC1. The Bertz CT molecular complexity index is 276. The number of hydrogen-bond donors (Lipinski definition) is 2. The summed E-state index contributed by atoms with van der Waals surface area (Å²) in [6.07, 6.45) is -2.84. The molecule has 0 saturated carbocycles. The lowest BCUT2D eigenvalue weighted by Gasteiger charge is -2.32. The summed E-state index contributed by atoms with van der Waals surface area (Å²) in [6.45, 7) is 2.16. The lowest BCUT2D eigenvalue weighted by atomic mass is 9.80. The van der Waals surface area contributed by atoms with Crippen molar-refractivity contribution in [3.05, 3.63) is 0 Å². The van der Waals surface area contributed by atoms with E-state index in [9.17, 15) is 18.0 Å². The van der Waals surface area contributed by atoms with Crippen LogP contribution in [0.5, 0.6) is 0 Å². The van der Waals surface area contributed by atoms with E-state index in [0.717, 1.165) is 25.9 Å². The molecular weight excluding hydrogens is 249 g/mol. The number of nitrogens with one attached hydrogen (secondary N) is 2. The van der Waals surface area contributed by atoms with Gasteiger partial charge in [-0.25, -0.2) is 0 Å². The molecule has 4 nitrogen and oxygen atoms in total. The summed E-state index contributed by atoms with van der Waals surface area (Å²) in [5, 5.41) is 5.78. The van der Waals surface area contributed by atoms with E-state index in [-0.39, 0.29) is 19.1 Å². The van der Waals surface area contributed by atoms with E-state index >= 15 is 0 Å². The highest BCUT2D eigenvalue weighted by molar-refractivity contribution is 5.82. The minimum atomic E-state index is -4.31. The van der Waals surface area contributed by atoms with Gasteiger partial charge in [0.05, 0.1) is 6.61 Å². The molecule has 1 aliphatic rings. The Balaban J connectivity index is 2.17. The maximum Gasteiger partial charge on any atom is 0.411 e. The van der Waals surface area contributed by atoms with Crippen LogP contribution in [-0.2, 0) is 9.53 Å². The number of alkyl halides is 3. The van der Waals surface area contributed by atoms with Crippen LogP contribution in [0.15, 0.2) is 0 Å². The van der Waals surface area contributed by atoms with E-state index in [0.29, 0.717) is 0 Å². The molecule has 0 atom stereocenters. The van der Waals surface area contributed by atoms with Crippen molar-refractivity contribution in [3.8, 4) is 0 Å². The smallest absolute Gasteiger partial charge is 0.370 e. The van der Waals surface area contributed by atoms with Gasteiger partial charge in [0.15, 0.2) is 0 Å². The fourth-order valence-electron chi connectivity index (χ4n) is 1.84. The number of halogens is 3. The lowest BCUT2D eigenvalue weighted by molar-refractivity contribution is -0.173. The average Bonchev–Trinajstić information content (AvgIpc) is 2.27. The van der Waals surface area contributed by atoms with Gasteiger partial charge in [-0.05, 0) is 25.9 Å². The van der Waals surface area contributed by atoms with E-state index in [2.05, 4.69) is 15.4 Å². The van der Waals surface area contributed by atoms with Crippen LogP contribution in [0.4, 0.5) is 13.2 Å². The van der Waals surface area contributed by atoms with Crippen molar-refractivity contribution in [1.82, 2.24) is 10.6 Å². The predicted molar refractivity (Wildman–Crippen MR) is 60.1 cm³/mol. The molecule has 1 aliphatic heterocycles. The van der Waals surface area contributed by atoms with Crippen LogP contribution in [-0.4, -0.2) is 44.9 Å². The van der Waals surface area contributed by atoms with Crippen molar-refractivity contribution in [1.29, 1.82) is 0 Å². The van der Waals surface area contributed by atoms with Crippen molar-refractivity contribution in [3.63, 3.8) is 0 Å². The zero-order valence-corrected chi connectivity index (χ0v) is 10.4. The largest absolute Gasteiger partial charge is 0.411 e. The molecule has 1 amide bonds. The number of piperidine rings is 1. The Morgan fingerprint density at radius 1 is 1.39 bits per heavy atom. The normalized spacial score (nSPS) is 19.6. The standard InChI is InChI=1S/C11H19F3N2O2/c1-10(2-4-15-5-3-10)9(17)16-6-7-18-8-11(12,13)14/h15H,2-8H2,1H3,(H,16,17). The van der Waals surface area contributed by atoms with Crippen LogP contribution in [0, 0.1) is 5.41 Å². The monoisotopic (exact) mass is 268 g/mol. The zero-order valence-electron chi connectivity index (χ0n) is 10.4. The number of rotatable bonds is 5. The number of carbonyl (C=O) groups is 1. The Morgan fingerprint density at radius 3 is 2.56 bits per heavy atom. The second kappa shape index (κ2) is 6.38. The van der Waals surface area contributed by atoms with Crippen LogP contribution >= 0.6 is 0 Å². The first-order valence-corrected chi connectivity index (χ1v) is 5.97. The third-order valence-electron chi connectivity index (χ3n) is 3.05. The van der Waals surface area contributed by atoms with E-state index in [1.165, 1.54) is 0 Å². The molecule has 1 saturated heterocycles. The van der Waals surface area contributed by atoms with Gasteiger partial charge in [-0.1, -0.05) is 6.92 Å². The fourth-order valence-corrected chi connectivity index (χ4v) is 1.84. The second-order valence-electron chi connectivity index (χ2n) is 4.73. The number of ether oxygens (including phenoxy) is 1. The Kier molecular flexibility index (Phi) is 5.40. The highest BCUT2D eigenvalue weighted by Crippen LogP contribution is 2.27. The summed E-state index contributed by atoms with van der Waals surface area (Å²) in [6, 6.07) is 0. The van der Waals surface area contributed by atoms with Crippen LogP contribution in [0.2, 0.25) is 0 Å². The molecule has 2 N–H and O–H groups in total. The van der Waals surface area contributed by atoms with Crippen molar-refractivity contribution in [2.24, 2.45) is 5.41 Å². The van der Waals surface area contributed by atoms with E-state index in [4.69, 9.17) is 0 Å². The first-order chi connectivity index (χ1) is 8.33. The van der Waals surface area contributed by atoms with Crippen LogP contribution < -0.4 is 10.6 Å². The highest BCUT2D eigenvalue weighted by atomic mass is 19.4. The predicted octanol–water partition coefficient (Wildman–Crippen LogP) is 1.07. The molecule has 0 unspecified atom stereocenters. The molecular formula is C11H19F3N2O2. The average molecular weight is 268 g/mol. The molecule has 0 radical (unpaired) electrons. The van der Waals surface area contributed by atoms with Crippen molar-refractivity contribution < 1.29 is 22.7 Å². The van der Waals surface area contributed by atoms with Gasteiger partial charge in [-0.15, -0.1) is 0 Å². The van der Waals surface area contributed by atoms with Crippen molar-refractivity contribution >= 4 is 5.91 Å². The van der Waals surface area contributed by atoms with Crippen LogP contribution in [0.3, 0.4) is 0 Å². The van der Waals surface area contributed by atoms with E-state index in [1.54, 1.807) is 0 Å². The third-order valence-corrected chi connectivity index (χ3v) is 3.05. The molecule has 18 heavy (non-hydrogen) atoms. The van der Waals surface area contributed by atoms with E-state index < -0.39 is 18.2 Å². The van der Waals surface area contributed by atoms with Crippen LogP contribution in [0.25, 0.3) is 0 Å². The molecule has 7 heteroatoms. The molecule has 1 rings (SSSR count). The molecule has 0 spiro atoms. The van der Waals surface area contributed by atoms with Crippen molar-refractivity contribution in [2.45, 2.75) is 25.9 Å². The van der Waals surface area contributed by atoms with Gasteiger partial charge < -0.3 is 15.4 Å². The number of carbonyl (C=O) groups excluding carboxylic acids is 1. The summed E-state index contributed by atoms with van der Waals surface area (Å²) in [7, 11) is 0. The molecule has 0 aliphatic carbocycles. The Morgan fingerprint density at radius 2 is 2.00 bits per heavy atom. The summed E-state index contributed by atoms with van der Waals surface area (Å²) in [4.78, 5) is 11.9. The van der Waals surface area contributed by atoms with Crippen molar-refractivity contribution in [2.75, 3.05) is 32.8 Å². The quantitative estimate of drug-likeness (QED) is 0.733. The summed E-state index contributed by atoms with van der Waals surface area (Å²) >= 11 is 0. The van der Waals surface area contributed by atoms with Gasteiger partial charge >= 0.3 is 6.18 Å². The van der Waals surface area contributed by atoms with Gasteiger partial charge in [0.1, 0.15) is 6.61 Å². The summed E-state index contributed by atoms with van der Waals surface area (Å²) in [5.41, 5.74) is -0.421. The lowest BCUT2D eigenvalue weighted by Crippen LogP contribution is -2.46. The maximum atomic E-state index is 11.9.